The van der Waals surface area contributed by atoms with E-state index in [1.54, 1.807) is 30.3 Å². The van der Waals surface area contributed by atoms with E-state index in [1.807, 2.05) is 0 Å². The average Bonchev–Trinajstić information content (AvgIpc) is 2.43. The molecule has 0 spiro atoms. The fraction of sp³-hybridized carbons (Fsp3) is 0.133. The summed E-state index contributed by atoms with van der Waals surface area (Å²) in [4.78, 5) is 11.9. The topological polar surface area (TPSA) is 29.1 Å². The van der Waals surface area contributed by atoms with Gasteiger partial charge < -0.3 is 5.32 Å². The summed E-state index contributed by atoms with van der Waals surface area (Å²) in [6.45, 7) is 0.448. The smallest absolute Gasteiger partial charge is 0.164 e. The molecule has 0 saturated carbocycles. The summed E-state index contributed by atoms with van der Waals surface area (Å²) in [5.41, 5.74) is 1.30. The van der Waals surface area contributed by atoms with Gasteiger partial charge in [-0.3, -0.25) is 4.79 Å². The maximum Gasteiger partial charge on any atom is 0.164 e. The second-order valence-corrected chi connectivity index (χ2v) is 5.08. The molecule has 0 atom stereocenters. The Bertz CT molecular complexity index is 614. The van der Waals surface area contributed by atoms with Crippen LogP contribution in [0.25, 0.3) is 0 Å². The summed E-state index contributed by atoms with van der Waals surface area (Å²) in [6, 6.07) is 11.1. The first-order valence-electron chi connectivity index (χ1n) is 6.04. The van der Waals surface area contributed by atoms with Gasteiger partial charge in [0, 0.05) is 29.2 Å². The molecule has 0 heterocycles. The maximum absolute atomic E-state index is 13.0. The molecule has 0 unspecified atom stereocenters. The summed E-state index contributed by atoms with van der Waals surface area (Å²) in [5, 5.41) is 3.68. The standard InChI is InChI=1S/C15H12Cl2FNO/c16-11-3-1-10(2-4-11)15(20)7-8-19-12-5-6-14(18)13(17)9-12/h1-6,9,19H,7-8H2. The number of hydrogen-bond donors (Lipinski definition) is 1. The zero-order chi connectivity index (χ0) is 14.5. The van der Waals surface area contributed by atoms with Crippen molar-refractivity contribution < 1.29 is 9.18 Å². The van der Waals surface area contributed by atoms with Gasteiger partial charge in [0.1, 0.15) is 5.82 Å². The number of rotatable bonds is 5. The third kappa shape index (κ3) is 3.95. The second kappa shape index (κ2) is 6.73. The lowest BCUT2D eigenvalue weighted by Crippen LogP contribution is -2.08. The number of nitrogens with one attached hydrogen (secondary N) is 1. The number of carbonyl (C=O) groups is 1. The van der Waals surface area contributed by atoms with E-state index < -0.39 is 5.82 Å². The van der Waals surface area contributed by atoms with Crippen molar-refractivity contribution in [2.24, 2.45) is 0 Å². The maximum atomic E-state index is 13.0. The summed E-state index contributed by atoms with van der Waals surface area (Å²) in [5.74, 6) is -0.447. The molecule has 20 heavy (non-hydrogen) atoms. The number of Topliss-reactive ketones (excluding diaryl/α,β-unsaturated/α-hetero) is 1. The first kappa shape index (κ1) is 14.8. The van der Waals surface area contributed by atoms with Gasteiger partial charge in [0.15, 0.2) is 5.78 Å². The van der Waals surface area contributed by atoms with Crippen LogP contribution in [0.15, 0.2) is 42.5 Å². The van der Waals surface area contributed by atoms with Crippen LogP contribution < -0.4 is 5.32 Å². The predicted octanol–water partition coefficient (Wildman–Crippen LogP) is 4.82. The zero-order valence-electron chi connectivity index (χ0n) is 10.5. The summed E-state index contributed by atoms with van der Waals surface area (Å²) in [6.07, 6.45) is 0.330. The van der Waals surface area contributed by atoms with Gasteiger partial charge in [-0.05, 0) is 42.5 Å². The molecule has 0 aliphatic carbocycles. The van der Waals surface area contributed by atoms with Crippen LogP contribution in [0.3, 0.4) is 0 Å². The number of anilines is 1. The molecular formula is C15H12Cl2FNO. The molecule has 0 saturated heterocycles. The Kier molecular flexibility index (Phi) is 4.99. The van der Waals surface area contributed by atoms with Gasteiger partial charge >= 0.3 is 0 Å². The highest BCUT2D eigenvalue weighted by molar-refractivity contribution is 6.31. The van der Waals surface area contributed by atoms with E-state index in [0.29, 0.717) is 29.2 Å². The highest BCUT2D eigenvalue weighted by Crippen LogP contribution is 2.19. The van der Waals surface area contributed by atoms with E-state index in [0.717, 1.165) is 0 Å². The largest absolute Gasteiger partial charge is 0.385 e. The minimum Gasteiger partial charge on any atom is -0.385 e. The molecule has 2 aromatic carbocycles. The first-order chi connectivity index (χ1) is 9.56. The molecule has 0 fully saturated rings. The summed E-state index contributed by atoms with van der Waals surface area (Å²) >= 11 is 11.4. The molecule has 0 bridgehead atoms. The Morgan fingerprint density at radius 1 is 1.10 bits per heavy atom. The van der Waals surface area contributed by atoms with Crippen LogP contribution in [0, 0.1) is 5.82 Å². The van der Waals surface area contributed by atoms with E-state index in [1.165, 1.54) is 12.1 Å². The number of hydrogen-bond acceptors (Lipinski definition) is 2. The van der Waals surface area contributed by atoms with E-state index in [2.05, 4.69) is 5.32 Å². The quantitative estimate of drug-likeness (QED) is 0.802. The number of ketones is 1. The number of benzene rings is 2. The van der Waals surface area contributed by atoms with Crippen molar-refractivity contribution in [2.45, 2.75) is 6.42 Å². The van der Waals surface area contributed by atoms with Gasteiger partial charge in [-0.15, -0.1) is 0 Å². The highest BCUT2D eigenvalue weighted by Gasteiger charge is 2.06. The molecular weight excluding hydrogens is 300 g/mol. The third-order valence-corrected chi connectivity index (χ3v) is 3.31. The van der Waals surface area contributed by atoms with Gasteiger partial charge in [-0.2, -0.15) is 0 Å². The Morgan fingerprint density at radius 3 is 2.45 bits per heavy atom. The van der Waals surface area contributed by atoms with Crippen molar-refractivity contribution in [1.82, 2.24) is 0 Å². The molecule has 2 nitrogen and oxygen atoms in total. The van der Waals surface area contributed by atoms with Crippen molar-refractivity contribution in [3.8, 4) is 0 Å². The molecule has 0 aliphatic heterocycles. The lowest BCUT2D eigenvalue weighted by Gasteiger charge is -2.07. The Hall–Kier alpha value is -1.58. The highest BCUT2D eigenvalue weighted by atomic mass is 35.5. The van der Waals surface area contributed by atoms with Gasteiger partial charge in [-0.25, -0.2) is 4.39 Å². The number of halogens is 3. The Balaban J connectivity index is 1.87. The molecule has 0 aliphatic rings. The molecule has 2 rings (SSSR count). The second-order valence-electron chi connectivity index (χ2n) is 4.24. The molecule has 0 aromatic heterocycles. The van der Waals surface area contributed by atoms with Crippen molar-refractivity contribution >= 4 is 34.7 Å². The Morgan fingerprint density at radius 2 is 1.80 bits per heavy atom. The fourth-order valence-electron chi connectivity index (χ4n) is 1.71. The fourth-order valence-corrected chi connectivity index (χ4v) is 2.01. The molecule has 104 valence electrons. The molecule has 5 heteroatoms. The molecule has 0 amide bonds. The van der Waals surface area contributed by atoms with Crippen molar-refractivity contribution in [3.05, 3.63) is 63.9 Å². The van der Waals surface area contributed by atoms with Crippen LogP contribution in [0.2, 0.25) is 10.0 Å². The normalized spacial score (nSPS) is 10.3. The van der Waals surface area contributed by atoms with Gasteiger partial charge in [0.05, 0.1) is 5.02 Å². The van der Waals surface area contributed by atoms with E-state index in [4.69, 9.17) is 23.2 Å². The van der Waals surface area contributed by atoms with Gasteiger partial charge in [0.2, 0.25) is 0 Å². The Labute approximate surface area is 126 Å². The average molecular weight is 312 g/mol. The van der Waals surface area contributed by atoms with E-state index in [9.17, 15) is 9.18 Å². The predicted molar refractivity (Wildman–Crippen MR) is 80.3 cm³/mol. The van der Waals surface area contributed by atoms with Crippen LogP contribution in [0.5, 0.6) is 0 Å². The van der Waals surface area contributed by atoms with Gasteiger partial charge in [-0.1, -0.05) is 23.2 Å². The minimum absolute atomic E-state index is 0.0161. The lowest BCUT2D eigenvalue weighted by atomic mass is 10.1. The van der Waals surface area contributed by atoms with Crippen LogP contribution in [-0.2, 0) is 0 Å². The van der Waals surface area contributed by atoms with Gasteiger partial charge in [0.25, 0.3) is 0 Å². The monoisotopic (exact) mass is 311 g/mol. The van der Waals surface area contributed by atoms with Crippen LogP contribution in [0.4, 0.5) is 10.1 Å². The van der Waals surface area contributed by atoms with Crippen LogP contribution in [-0.4, -0.2) is 12.3 Å². The van der Waals surface area contributed by atoms with Crippen LogP contribution >= 0.6 is 23.2 Å². The van der Waals surface area contributed by atoms with Crippen molar-refractivity contribution in [3.63, 3.8) is 0 Å². The molecule has 1 N–H and O–H groups in total. The van der Waals surface area contributed by atoms with Crippen molar-refractivity contribution in [1.29, 1.82) is 0 Å². The lowest BCUT2D eigenvalue weighted by molar-refractivity contribution is 0.0986. The SMILES string of the molecule is O=C(CCNc1ccc(F)c(Cl)c1)c1ccc(Cl)cc1. The van der Waals surface area contributed by atoms with Crippen molar-refractivity contribution in [2.75, 3.05) is 11.9 Å². The van der Waals surface area contributed by atoms with E-state index in [-0.39, 0.29) is 10.8 Å². The zero-order valence-corrected chi connectivity index (χ0v) is 12.0. The molecule has 0 radical (unpaired) electrons. The summed E-state index contributed by atoms with van der Waals surface area (Å²) in [7, 11) is 0. The van der Waals surface area contributed by atoms with E-state index >= 15 is 0 Å². The third-order valence-electron chi connectivity index (χ3n) is 2.77. The number of carbonyl (C=O) groups excluding carboxylic acids is 1. The summed E-state index contributed by atoms with van der Waals surface area (Å²) < 4.78 is 13.0. The first-order valence-corrected chi connectivity index (χ1v) is 6.79. The molecule has 2 aromatic rings. The van der Waals surface area contributed by atoms with Crippen LogP contribution in [0.1, 0.15) is 16.8 Å². The minimum atomic E-state index is -0.463.